The second-order valence-electron chi connectivity index (χ2n) is 4.39. The van der Waals surface area contributed by atoms with Gasteiger partial charge in [0.25, 0.3) is 0 Å². The van der Waals surface area contributed by atoms with Crippen molar-refractivity contribution in [1.82, 2.24) is 5.32 Å². The van der Waals surface area contributed by atoms with Crippen LogP contribution in [0, 0.1) is 11.8 Å². The molecule has 0 radical (unpaired) electrons. The smallest absolute Gasteiger partial charge is 0.222 e. The van der Waals surface area contributed by atoms with Crippen LogP contribution in [0.4, 0.5) is 0 Å². The van der Waals surface area contributed by atoms with Crippen molar-refractivity contribution >= 4 is 5.91 Å². The van der Waals surface area contributed by atoms with E-state index in [-0.39, 0.29) is 17.7 Å². The molecule has 0 aromatic heterocycles. The Hall–Kier alpha value is -0.570. The molecule has 0 aliphatic heterocycles. The quantitative estimate of drug-likeness (QED) is 0.682. The van der Waals surface area contributed by atoms with Crippen molar-refractivity contribution in [2.45, 2.75) is 53.1 Å². The Bertz CT molecular complexity index is 182. The topological polar surface area (TPSA) is 49.3 Å². The van der Waals surface area contributed by atoms with Crippen molar-refractivity contribution in [3.63, 3.8) is 0 Å². The van der Waals surface area contributed by atoms with Gasteiger partial charge in [-0.1, -0.05) is 40.5 Å². The predicted octanol–water partition coefficient (Wildman–Crippen LogP) is 1.95. The summed E-state index contributed by atoms with van der Waals surface area (Å²) in [4.78, 5) is 11.5. The standard InChI is InChI=1S/C12H25NO2/c1-5-7-10(4)12(15)13-8-11(14)9(3)6-2/h9-11,14H,5-8H2,1-4H3,(H,13,15). The summed E-state index contributed by atoms with van der Waals surface area (Å²) in [6.07, 6.45) is 2.43. The fraction of sp³-hybridized carbons (Fsp3) is 0.917. The number of rotatable bonds is 7. The maximum atomic E-state index is 11.5. The molecule has 3 heteroatoms. The van der Waals surface area contributed by atoms with Crippen molar-refractivity contribution in [3.05, 3.63) is 0 Å². The Balaban J connectivity index is 3.79. The van der Waals surface area contributed by atoms with Crippen LogP contribution >= 0.6 is 0 Å². The summed E-state index contributed by atoms with van der Waals surface area (Å²) in [6, 6.07) is 0. The summed E-state index contributed by atoms with van der Waals surface area (Å²) in [5.74, 6) is 0.352. The van der Waals surface area contributed by atoms with Crippen LogP contribution in [-0.4, -0.2) is 23.7 Å². The van der Waals surface area contributed by atoms with Gasteiger partial charge in [0.2, 0.25) is 5.91 Å². The lowest BCUT2D eigenvalue weighted by Gasteiger charge is -2.19. The highest BCUT2D eigenvalue weighted by molar-refractivity contribution is 5.78. The minimum absolute atomic E-state index is 0.0548. The van der Waals surface area contributed by atoms with Crippen LogP contribution in [0.3, 0.4) is 0 Å². The SMILES string of the molecule is CCCC(C)C(=O)NCC(O)C(C)CC. The van der Waals surface area contributed by atoms with Crippen molar-refractivity contribution < 1.29 is 9.90 Å². The zero-order chi connectivity index (χ0) is 11.8. The van der Waals surface area contributed by atoms with E-state index < -0.39 is 6.10 Å². The van der Waals surface area contributed by atoms with E-state index in [1.807, 2.05) is 20.8 Å². The van der Waals surface area contributed by atoms with Gasteiger partial charge in [-0.2, -0.15) is 0 Å². The van der Waals surface area contributed by atoms with Gasteiger partial charge in [-0.25, -0.2) is 0 Å². The van der Waals surface area contributed by atoms with Crippen LogP contribution in [0.15, 0.2) is 0 Å². The number of amides is 1. The van der Waals surface area contributed by atoms with Gasteiger partial charge >= 0.3 is 0 Å². The summed E-state index contributed by atoms with van der Waals surface area (Å²) < 4.78 is 0. The van der Waals surface area contributed by atoms with Crippen LogP contribution < -0.4 is 5.32 Å². The molecule has 0 aromatic carbocycles. The van der Waals surface area contributed by atoms with Crippen LogP contribution in [0.5, 0.6) is 0 Å². The highest BCUT2D eigenvalue weighted by atomic mass is 16.3. The molecule has 90 valence electrons. The van der Waals surface area contributed by atoms with Gasteiger partial charge in [-0.05, 0) is 12.3 Å². The number of hydrogen-bond donors (Lipinski definition) is 2. The fourth-order valence-electron chi connectivity index (χ4n) is 1.42. The first-order valence-electron chi connectivity index (χ1n) is 5.98. The van der Waals surface area contributed by atoms with Gasteiger partial charge in [-0.3, -0.25) is 4.79 Å². The van der Waals surface area contributed by atoms with E-state index in [1.165, 1.54) is 0 Å². The van der Waals surface area contributed by atoms with Crippen molar-refractivity contribution in [2.75, 3.05) is 6.54 Å². The van der Waals surface area contributed by atoms with Crippen LogP contribution in [0.2, 0.25) is 0 Å². The van der Waals surface area contributed by atoms with E-state index in [2.05, 4.69) is 12.2 Å². The molecule has 0 aliphatic rings. The van der Waals surface area contributed by atoms with Crippen molar-refractivity contribution in [2.24, 2.45) is 11.8 Å². The average Bonchev–Trinajstić information content (AvgIpc) is 2.24. The van der Waals surface area contributed by atoms with Gasteiger partial charge in [-0.15, -0.1) is 0 Å². The number of aliphatic hydroxyl groups is 1. The van der Waals surface area contributed by atoms with Crippen LogP contribution in [0.1, 0.15) is 47.0 Å². The van der Waals surface area contributed by atoms with E-state index in [4.69, 9.17) is 0 Å². The summed E-state index contributed by atoms with van der Waals surface area (Å²) in [7, 11) is 0. The molecule has 1 amide bonds. The zero-order valence-corrected chi connectivity index (χ0v) is 10.4. The first-order chi connectivity index (χ1) is 7.02. The third-order valence-corrected chi connectivity index (χ3v) is 2.96. The molecular formula is C12H25NO2. The van der Waals surface area contributed by atoms with Gasteiger partial charge < -0.3 is 10.4 Å². The molecule has 3 nitrogen and oxygen atoms in total. The largest absolute Gasteiger partial charge is 0.391 e. The first kappa shape index (κ1) is 14.4. The molecule has 15 heavy (non-hydrogen) atoms. The second-order valence-corrected chi connectivity index (χ2v) is 4.39. The van der Waals surface area contributed by atoms with E-state index >= 15 is 0 Å². The van der Waals surface area contributed by atoms with E-state index in [1.54, 1.807) is 0 Å². The lowest BCUT2D eigenvalue weighted by molar-refractivity contribution is -0.125. The van der Waals surface area contributed by atoms with E-state index in [0.717, 1.165) is 19.3 Å². The minimum Gasteiger partial charge on any atom is -0.391 e. The van der Waals surface area contributed by atoms with Gasteiger partial charge in [0.05, 0.1) is 6.10 Å². The molecule has 3 atom stereocenters. The highest BCUT2D eigenvalue weighted by Crippen LogP contribution is 2.08. The first-order valence-corrected chi connectivity index (χ1v) is 5.98. The Labute approximate surface area is 93.3 Å². The number of carbonyl (C=O) groups excluding carboxylic acids is 1. The molecule has 2 N–H and O–H groups in total. The second kappa shape index (κ2) is 7.69. The maximum Gasteiger partial charge on any atom is 0.222 e. The molecule has 0 saturated carbocycles. The average molecular weight is 215 g/mol. The Morgan fingerprint density at radius 1 is 1.33 bits per heavy atom. The molecule has 0 rings (SSSR count). The van der Waals surface area contributed by atoms with Crippen molar-refractivity contribution in [3.8, 4) is 0 Å². The minimum atomic E-state index is -0.423. The maximum absolute atomic E-state index is 11.5. The third kappa shape index (κ3) is 5.78. The molecular weight excluding hydrogens is 190 g/mol. The lowest BCUT2D eigenvalue weighted by atomic mass is 10.0. The molecule has 3 unspecified atom stereocenters. The van der Waals surface area contributed by atoms with E-state index in [0.29, 0.717) is 6.54 Å². The number of nitrogens with one attached hydrogen (secondary N) is 1. The van der Waals surface area contributed by atoms with Crippen LogP contribution in [0.25, 0.3) is 0 Å². The Morgan fingerprint density at radius 3 is 2.40 bits per heavy atom. The molecule has 0 spiro atoms. The number of hydrogen-bond acceptors (Lipinski definition) is 2. The molecule has 0 heterocycles. The fourth-order valence-corrected chi connectivity index (χ4v) is 1.42. The lowest BCUT2D eigenvalue weighted by Crippen LogP contribution is -2.37. The molecule has 0 aliphatic carbocycles. The summed E-state index contributed by atoms with van der Waals surface area (Å²) in [6.45, 7) is 8.40. The van der Waals surface area contributed by atoms with Crippen molar-refractivity contribution in [1.29, 1.82) is 0 Å². The summed E-state index contributed by atoms with van der Waals surface area (Å²) in [5, 5.41) is 12.5. The number of carbonyl (C=O) groups is 1. The van der Waals surface area contributed by atoms with E-state index in [9.17, 15) is 9.90 Å². The normalized spacial score (nSPS) is 16.9. The molecule has 0 aromatic rings. The summed E-state index contributed by atoms with van der Waals surface area (Å²) in [5.41, 5.74) is 0. The molecule has 0 bridgehead atoms. The third-order valence-electron chi connectivity index (χ3n) is 2.96. The zero-order valence-electron chi connectivity index (χ0n) is 10.4. The highest BCUT2D eigenvalue weighted by Gasteiger charge is 2.16. The van der Waals surface area contributed by atoms with Crippen LogP contribution in [-0.2, 0) is 4.79 Å². The molecule has 0 saturated heterocycles. The number of aliphatic hydroxyl groups excluding tert-OH is 1. The Morgan fingerprint density at radius 2 is 1.93 bits per heavy atom. The van der Waals surface area contributed by atoms with Gasteiger partial charge in [0.1, 0.15) is 0 Å². The van der Waals surface area contributed by atoms with Gasteiger partial charge in [0, 0.05) is 12.5 Å². The monoisotopic (exact) mass is 215 g/mol. The Kier molecular flexibility index (Phi) is 7.39. The van der Waals surface area contributed by atoms with Gasteiger partial charge in [0.15, 0.2) is 0 Å². The predicted molar refractivity (Wildman–Crippen MR) is 62.5 cm³/mol. The summed E-state index contributed by atoms with van der Waals surface area (Å²) >= 11 is 0. The molecule has 0 fully saturated rings.